The van der Waals surface area contributed by atoms with Gasteiger partial charge in [-0.25, -0.2) is 0 Å². The molecule has 0 spiro atoms. The van der Waals surface area contributed by atoms with Crippen molar-refractivity contribution in [3.8, 4) is 0 Å². The van der Waals surface area contributed by atoms with Gasteiger partial charge in [-0.05, 0) is 55.2 Å². The molecule has 0 saturated heterocycles. The topological polar surface area (TPSA) is 0 Å². The zero-order valence-electron chi connectivity index (χ0n) is 9.94. The van der Waals surface area contributed by atoms with Crippen molar-refractivity contribution >= 4 is 0 Å². The first-order valence-electron chi connectivity index (χ1n) is 5.53. The van der Waals surface area contributed by atoms with E-state index in [1.165, 1.54) is 23.1 Å². The van der Waals surface area contributed by atoms with Gasteiger partial charge in [0.25, 0.3) is 0 Å². The summed E-state index contributed by atoms with van der Waals surface area (Å²) in [5.41, 5.74) is 6.43. The Morgan fingerprint density at radius 1 is 1.14 bits per heavy atom. The summed E-state index contributed by atoms with van der Waals surface area (Å²) in [6, 6.07) is 4.64. The lowest BCUT2D eigenvalue weighted by Gasteiger charge is -2.18. The smallest absolute Gasteiger partial charge is 0.00412 e. The molecule has 0 N–H and O–H groups in total. The number of aryl methyl sites for hydroxylation is 3. The van der Waals surface area contributed by atoms with Crippen LogP contribution in [0.1, 0.15) is 42.5 Å². The summed E-state index contributed by atoms with van der Waals surface area (Å²) in [7, 11) is 0. The van der Waals surface area contributed by atoms with Crippen molar-refractivity contribution in [2.75, 3.05) is 0 Å². The number of rotatable bonds is 1. The fraction of sp³-hybridized carbons (Fsp3) is 0.571. The Hall–Kier alpha value is -0.780. The first-order chi connectivity index (χ1) is 6.45. The minimum atomic E-state index is 0.474. The standard InChI is InChI=1S/C14H20/c1-9-6-10(2)13(11(3)7-9)14(5)8-12(14)4/h6-7,12H,8H2,1-5H3. The van der Waals surface area contributed by atoms with Crippen LogP contribution in [0, 0.1) is 26.7 Å². The van der Waals surface area contributed by atoms with Crippen molar-refractivity contribution in [1.29, 1.82) is 0 Å². The Bertz CT molecular complexity index is 353. The monoisotopic (exact) mass is 188 g/mol. The second-order valence-electron chi connectivity index (χ2n) is 5.30. The Morgan fingerprint density at radius 2 is 1.57 bits per heavy atom. The molecule has 1 saturated carbocycles. The van der Waals surface area contributed by atoms with Crippen LogP contribution >= 0.6 is 0 Å². The summed E-state index contributed by atoms with van der Waals surface area (Å²) >= 11 is 0. The Kier molecular flexibility index (Phi) is 1.99. The molecule has 14 heavy (non-hydrogen) atoms. The third-order valence-electron chi connectivity index (χ3n) is 3.91. The van der Waals surface area contributed by atoms with E-state index in [-0.39, 0.29) is 0 Å². The molecule has 1 fully saturated rings. The van der Waals surface area contributed by atoms with Crippen LogP contribution in [0.2, 0.25) is 0 Å². The van der Waals surface area contributed by atoms with E-state index in [9.17, 15) is 0 Å². The molecule has 2 unspecified atom stereocenters. The average molecular weight is 188 g/mol. The summed E-state index contributed by atoms with van der Waals surface area (Å²) < 4.78 is 0. The quantitative estimate of drug-likeness (QED) is 0.627. The minimum absolute atomic E-state index is 0.474. The van der Waals surface area contributed by atoms with E-state index in [0.29, 0.717) is 5.41 Å². The van der Waals surface area contributed by atoms with Gasteiger partial charge in [0.05, 0.1) is 0 Å². The van der Waals surface area contributed by atoms with Gasteiger partial charge in [-0.2, -0.15) is 0 Å². The van der Waals surface area contributed by atoms with Crippen LogP contribution < -0.4 is 0 Å². The van der Waals surface area contributed by atoms with E-state index in [1.54, 1.807) is 5.56 Å². The third-order valence-corrected chi connectivity index (χ3v) is 3.91. The van der Waals surface area contributed by atoms with Crippen LogP contribution in [-0.2, 0) is 5.41 Å². The van der Waals surface area contributed by atoms with Crippen molar-refractivity contribution in [3.63, 3.8) is 0 Å². The van der Waals surface area contributed by atoms with Gasteiger partial charge < -0.3 is 0 Å². The molecule has 1 aromatic rings. The fourth-order valence-corrected chi connectivity index (χ4v) is 3.01. The van der Waals surface area contributed by atoms with Crippen molar-refractivity contribution in [3.05, 3.63) is 34.4 Å². The van der Waals surface area contributed by atoms with Gasteiger partial charge in [-0.15, -0.1) is 0 Å². The highest BCUT2D eigenvalue weighted by molar-refractivity contribution is 5.46. The minimum Gasteiger partial charge on any atom is -0.0616 e. The summed E-state index contributed by atoms with van der Waals surface area (Å²) in [5, 5.41) is 0. The molecule has 0 radical (unpaired) electrons. The van der Waals surface area contributed by atoms with Gasteiger partial charge >= 0.3 is 0 Å². The first-order valence-corrected chi connectivity index (χ1v) is 5.53. The molecule has 0 amide bonds. The number of benzene rings is 1. The van der Waals surface area contributed by atoms with Gasteiger partial charge in [0.1, 0.15) is 0 Å². The van der Waals surface area contributed by atoms with E-state index < -0.39 is 0 Å². The fourth-order valence-electron chi connectivity index (χ4n) is 3.01. The van der Waals surface area contributed by atoms with E-state index in [0.717, 1.165) is 5.92 Å². The third kappa shape index (κ3) is 1.28. The van der Waals surface area contributed by atoms with E-state index in [4.69, 9.17) is 0 Å². The molecular weight excluding hydrogens is 168 g/mol. The first kappa shape index (κ1) is 9.76. The molecule has 2 atom stereocenters. The molecule has 0 heterocycles. The van der Waals surface area contributed by atoms with Gasteiger partial charge in [0.2, 0.25) is 0 Å². The SMILES string of the molecule is Cc1cc(C)c(C2(C)CC2C)c(C)c1. The van der Waals surface area contributed by atoms with E-state index >= 15 is 0 Å². The largest absolute Gasteiger partial charge is 0.0616 e. The van der Waals surface area contributed by atoms with E-state index in [1.807, 2.05) is 0 Å². The maximum atomic E-state index is 2.41. The van der Waals surface area contributed by atoms with Crippen molar-refractivity contribution in [1.82, 2.24) is 0 Å². The van der Waals surface area contributed by atoms with Crippen LogP contribution in [0.25, 0.3) is 0 Å². The van der Waals surface area contributed by atoms with Crippen molar-refractivity contribution in [2.24, 2.45) is 5.92 Å². The Morgan fingerprint density at radius 3 is 1.93 bits per heavy atom. The summed E-state index contributed by atoms with van der Waals surface area (Å²) in [6.07, 6.45) is 1.36. The lowest BCUT2D eigenvalue weighted by Crippen LogP contribution is -2.08. The summed E-state index contributed by atoms with van der Waals surface area (Å²) in [6.45, 7) is 11.5. The Labute approximate surface area is 87.3 Å². The van der Waals surface area contributed by atoms with Gasteiger partial charge in [0, 0.05) is 0 Å². The zero-order chi connectivity index (χ0) is 10.5. The second kappa shape index (κ2) is 2.85. The van der Waals surface area contributed by atoms with Crippen LogP contribution in [0.15, 0.2) is 12.1 Å². The number of hydrogen-bond donors (Lipinski definition) is 0. The van der Waals surface area contributed by atoms with Gasteiger partial charge in [-0.3, -0.25) is 0 Å². The zero-order valence-corrected chi connectivity index (χ0v) is 9.94. The molecule has 76 valence electrons. The summed E-state index contributed by atoms with van der Waals surface area (Å²) in [4.78, 5) is 0. The molecular formula is C14H20. The molecule has 0 heteroatoms. The second-order valence-corrected chi connectivity index (χ2v) is 5.30. The normalized spacial score (nSPS) is 30.5. The maximum Gasteiger partial charge on any atom is -0.00412 e. The highest BCUT2D eigenvalue weighted by Gasteiger charge is 2.49. The molecule has 0 aromatic heterocycles. The van der Waals surface area contributed by atoms with E-state index in [2.05, 4.69) is 46.8 Å². The Balaban J connectivity index is 2.54. The molecule has 0 bridgehead atoms. The van der Waals surface area contributed by atoms with Crippen molar-refractivity contribution < 1.29 is 0 Å². The lowest BCUT2D eigenvalue weighted by atomic mass is 9.87. The molecule has 1 aliphatic carbocycles. The number of hydrogen-bond acceptors (Lipinski definition) is 0. The lowest BCUT2D eigenvalue weighted by molar-refractivity contribution is 0.691. The van der Waals surface area contributed by atoms with Crippen LogP contribution in [-0.4, -0.2) is 0 Å². The predicted octanol–water partition coefficient (Wildman–Crippen LogP) is 3.91. The van der Waals surface area contributed by atoms with Crippen LogP contribution in [0.3, 0.4) is 0 Å². The molecule has 1 aromatic carbocycles. The summed E-state index contributed by atoms with van der Waals surface area (Å²) in [5.74, 6) is 0.864. The highest BCUT2D eigenvalue weighted by atomic mass is 14.5. The van der Waals surface area contributed by atoms with Gasteiger partial charge in [-0.1, -0.05) is 31.5 Å². The molecule has 2 rings (SSSR count). The predicted molar refractivity (Wildman–Crippen MR) is 61.8 cm³/mol. The average Bonchev–Trinajstić information content (AvgIpc) is 2.56. The highest BCUT2D eigenvalue weighted by Crippen LogP contribution is 2.55. The van der Waals surface area contributed by atoms with Crippen molar-refractivity contribution in [2.45, 2.75) is 46.5 Å². The van der Waals surface area contributed by atoms with Crippen LogP contribution in [0.5, 0.6) is 0 Å². The van der Waals surface area contributed by atoms with Crippen LogP contribution in [0.4, 0.5) is 0 Å². The maximum absolute atomic E-state index is 2.41. The molecule has 1 aliphatic rings. The molecule has 0 nitrogen and oxygen atoms in total. The molecule has 0 aliphatic heterocycles. The van der Waals surface area contributed by atoms with Gasteiger partial charge in [0.15, 0.2) is 0 Å².